The van der Waals surface area contributed by atoms with Gasteiger partial charge in [0.05, 0.1) is 6.61 Å². The maximum absolute atomic E-state index is 5.06. The molecule has 0 N–H and O–H groups in total. The van der Waals surface area contributed by atoms with Crippen LogP contribution in [0.25, 0.3) is 0 Å². The SMILES string of the molecule is CCOCc1cocn1. The van der Waals surface area contributed by atoms with Crippen molar-refractivity contribution in [3.63, 3.8) is 0 Å². The van der Waals surface area contributed by atoms with E-state index in [1.54, 1.807) is 6.26 Å². The van der Waals surface area contributed by atoms with Crippen LogP contribution < -0.4 is 0 Å². The molecule has 0 aromatic carbocycles. The Labute approximate surface area is 53.7 Å². The van der Waals surface area contributed by atoms with Gasteiger partial charge in [-0.1, -0.05) is 0 Å². The number of rotatable bonds is 3. The molecule has 3 heteroatoms. The van der Waals surface area contributed by atoms with Gasteiger partial charge in [0.1, 0.15) is 12.0 Å². The maximum Gasteiger partial charge on any atom is 0.180 e. The molecule has 1 rings (SSSR count). The van der Waals surface area contributed by atoms with Gasteiger partial charge in [-0.25, -0.2) is 4.98 Å². The minimum atomic E-state index is 0.549. The molecule has 0 radical (unpaired) electrons. The lowest BCUT2D eigenvalue weighted by Gasteiger charge is -1.92. The lowest BCUT2D eigenvalue weighted by Crippen LogP contribution is -1.90. The second-order valence-corrected chi connectivity index (χ2v) is 1.62. The van der Waals surface area contributed by atoms with Crippen molar-refractivity contribution in [2.45, 2.75) is 13.5 Å². The van der Waals surface area contributed by atoms with E-state index < -0.39 is 0 Å². The molecular formula is C6H9NO2. The zero-order valence-electron chi connectivity index (χ0n) is 5.33. The number of hydrogen-bond acceptors (Lipinski definition) is 3. The summed E-state index contributed by atoms with van der Waals surface area (Å²) in [5.41, 5.74) is 0.844. The zero-order chi connectivity index (χ0) is 6.53. The van der Waals surface area contributed by atoms with Gasteiger partial charge in [0.15, 0.2) is 6.39 Å². The van der Waals surface area contributed by atoms with E-state index in [4.69, 9.17) is 9.15 Å². The zero-order valence-corrected chi connectivity index (χ0v) is 5.33. The summed E-state index contributed by atoms with van der Waals surface area (Å²) in [7, 11) is 0. The largest absolute Gasteiger partial charge is 0.451 e. The van der Waals surface area contributed by atoms with Crippen LogP contribution in [0.15, 0.2) is 17.1 Å². The fraction of sp³-hybridized carbons (Fsp3) is 0.500. The third-order valence-corrected chi connectivity index (χ3v) is 0.938. The van der Waals surface area contributed by atoms with Gasteiger partial charge in [-0.05, 0) is 6.92 Å². The van der Waals surface area contributed by atoms with Crippen LogP contribution >= 0.6 is 0 Å². The van der Waals surface area contributed by atoms with Crippen molar-refractivity contribution in [3.8, 4) is 0 Å². The van der Waals surface area contributed by atoms with Crippen LogP contribution in [0.3, 0.4) is 0 Å². The highest BCUT2D eigenvalue weighted by molar-refractivity contribution is 4.87. The molecule has 3 nitrogen and oxygen atoms in total. The predicted molar refractivity (Wildman–Crippen MR) is 31.8 cm³/mol. The molecule has 50 valence electrons. The van der Waals surface area contributed by atoms with Crippen molar-refractivity contribution in [2.24, 2.45) is 0 Å². The average Bonchev–Trinajstić information content (AvgIpc) is 2.34. The first kappa shape index (κ1) is 6.29. The molecule has 0 aliphatic rings. The Hall–Kier alpha value is -0.830. The van der Waals surface area contributed by atoms with Gasteiger partial charge >= 0.3 is 0 Å². The van der Waals surface area contributed by atoms with Crippen molar-refractivity contribution in [2.75, 3.05) is 6.61 Å². The molecule has 0 amide bonds. The molecule has 0 saturated heterocycles. The maximum atomic E-state index is 5.06. The molecule has 0 saturated carbocycles. The normalized spacial score (nSPS) is 9.89. The molecular weight excluding hydrogens is 118 g/mol. The van der Waals surface area contributed by atoms with Crippen molar-refractivity contribution in [1.29, 1.82) is 0 Å². The van der Waals surface area contributed by atoms with Gasteiger partial charge in [-0.3, -0.25) is 0 Å². The van der Waals surface area contributed by atoms with Crippen molar-refractivity contribution >= 4 is 0 Å². The van der Waals surface area contributed by atoms with Crippen LogP contribution in [0, 0.1) is 0 Å². The summed E-state index contributed by atoms with van der Waals surface area (Å²) in [5, 5.41) is 0. The molecule has 0 fully saturated rings. The summed E-state index contributed by atoms with van der Waals surface area (Å²) < 4.78 is 9.78. The van der Waals surface area contributed by atoms with E-state index in [0.29, 0.717) is 13.2 Å². The van der Waals surface area contributed by atoms with Gasteiger partial charge in [0.2, 0.25) is 0 Å². The topological polar surface area (TPSA) is 35.3 Å². The van der Waals surface area contributed by atoms with E-state index in [1.807, 2.05) is 6.92 Å². The molecule has 0 atom stereocenters. The van der Waals surface area contributed by atoms with Gasteiger partial charge in [-0.2, -0.15) is 0 Å². The Morgan fingerprint density at radius 1 is 1.78 bits per heavy atom. The number of nitrogens with zero attached hydrogens (tertiary/aromatic N) is 1. The van der Waals surface area contributed by atoms with Crippen molar-refractivity contribution in [3.05, 3.63) is 18.4 Å². The van der Waals surface area contributed by atoms with Crippen LogP contribution in [-0.4, -0.2) is 11.6 Å². The Morgan fingerprint density at radius 3 is 3.22 bits per heavy atom. The third kappa shape index (κ3) is 1.85. The van der Waals surface area contributed by atoms with E-state index in [0.717, 1.165) is 5.69 Å². The first-order chi connectivity index (χ1) is 4.43. The number of aromatic nitrogens is 1. The van der Waals surface area contributed by atoms with Crippen molar-refractivity contribution in [1.82, 2.24) is 4.98 Å². The Morgan fingerprint density at radius 2 is 2.67 bits per heavy atom. The van der Waals surface area contributed by atoms with Crippen LogP contribution in [0.2, 0.25) is 0 Å². The fourth-order valence-electron chi connectivity index (χ4n) is 0.515. The van der Waals surface area contributed by atoms with Crippen LogP contribution in [0.1, 0.15) is 12.6 Å². The summed E-state index contributed by atoms with van der Waals surface area (Å²) >= 11 is 0. The Bertz CT molecular complexity index is 148. The minimum Gasteiger partial charge on any atom is -0.451 e. The molecule has 0 spiro atoms. The smallest absolute Gasteiger partial charge is 0.180 e. The number of ether oxygens (including phenoxy) is 1. The second kappa shape index (κ2) is 3.25. The van der Waals surface area contributed by atoms with Gasteiger partial charge in [0.25, 0.3) is 0 Å². The van der Waals surface area contributed by atoms with E-state index >= 15 is 0 Å². The predicted octanol–water partition coefficient (Wildman–Crippen LogP) is 1.21. The Balaban J connectivity index is 2.30. The second-order valence-electron chi connectivity index (χ2n) is 1.62. The van der Waals surface area contributed by atoms with E-state index in [1.165, 1.54) is 6.39 Å². The number of hydrogen-bond donors (Lipinski definition) is 0. The van der Waals surface area contributed by atoms with Crippen LogP contribution in [-0.2, 0) is 11.3 Å². The van der Waals surface area contributed by atoms with Crippen LogP contribution in [0.4, 0.5) is 0 Å². The highest BCUT2D eigenvalue weighted by Crippen LogP contribution is 1.95. The molecule has 0 aliphatic heterocycles. The lowest BCUT2D eigenvalue weighted by atomic mass is 10.5. The quantitative estimate of drug-likeness (QED) is 0.612. The first-order valence-electron chi connectivity index (χ1n) is 2.88. The average molecular weight is 127 g/mol. The van der Waals surface area contributed by atoms with E-state index in [9.17, 15) is 0 Å². The monoisotopic (exact) mass is 127 g/mol. The van der Waals surface area contributed by atoms with Gasteiger partial charge in [0, 0.05) is 6.61 Å². The summed E-state index contributed by atoms with van der Waals surface area (Å²) in [6.45, 7) is 3.21. The van der Waals surface area contributed by atoms with Crippen molar-refractivity contribution < 1.29 is 9.15 Å². The standard InChI is InChI=1S/C6H9NO2/c1-2-8-3-6-4-9-5-7-6/h4-5H,2-3H2,1H3. The molecule has 0 unspecified atom stereocenters. The Kier molecular flexibility index (Phi) is 2.27. The lowest BCUT2D eigenvalue weighted by molar-refractivity contribution is 0.131. The highest BCUT2D eigenvalue weighted by Gasteiger charge is 1.92. The molecule has 9 heavy (non-hydrogen) atoms. The summed E-state index contributed by atoms with van der Waals surface area (Å²) in [6.07, 6.45) is 2.98. The fourth-order valence-corrected chi connectivity index (χ4v) is 0.515. The minimum absolute atomic E-state index is 0.549. The molecule has 1 aromatic heterocycles. The third-order valence-electron chi connectivity index (χ3n) is 0.938. The number of oxazole rings is 1. The summed E-state index contributed by atoms with van der Waals surface area (Å²) in [5.74, 6) is 0. The molecule has 1 aromatic rings. The van der Waals surface area contributed by atoms with E-state index in [2.05, 4.69) is 4.98 Å². The molecule has 0 aliphatic carbocycles. The molecule has 0 bridgehead atoms. The highest BCUT2D eigenvalue weighted by atomic mass is 16.5. The van der Waals surface area contributed by atoms with Gasteiger partial charge < -0.3 is 9.15 Å². The van der Waals surface area contributed by atoms with E-state index in [-0.39, 0.29) is 0 Å². The molecule has 1 heterocycles. The van der Waals surface area contributed by atoms with Crippen LogP contribution in [0.5, 0.6) is 0 Å². The summed E-state index contributed by atoms with van der Waals surface area (Å²) in [4.78, 5) is 3.86. The first-order valence-corrected chi connectivity index (χ1v) is 2.88. The van der Waals surface area contributed by atoms with Gasteiger partial charge in [-0.15, -0.1) is 0 Å². The summed E-state index contributed by atoms with van der Waals surface area (Å²) in [6, 6.07) is 0.